The summed E-state index contributed by atoms with van der Waals surface area (Å²) in [6.07, 6.45) is 0. The van der Waals surface area contributed by atoms with E-state index in [4.69, 9.17) is 25.3 Å². The van der Waals surface area contributed by atoms with Gasteiger partial charge in [-0.25, -0.2) is 0 Å². The Morgan fingerprint density at radius 1 is 0.952 bits per heavy atom. The van der Waals surface area contributed by atoms with Crippen LogP contribution in [0.4, 0.5) is 0 Å². The second-order valence-electron chi connectivity index (χ2n) is 4.16. The molecule has 0 aromatic heterocycles. The molecule has 0 aliphatic rings. The first-order valence-electron chi connectivity index (χ1n) is 6.02. The van der Waals surface area contributed by atoms with Crippen molar-refractivity contribution < 1.29 is 16.5 Å². The minimum Gasteiger partial charge on any atom is -0.741 e. The molecule has 21 heavy (non-hydrogen) atoms. The van der Waals surface area contributed by atoms with Crippen LogP contribution in [-0.4, -0.2) is 60.9 Å². The first-order chi connectivity index (χ1) is 9.36. The molecule has 0 heterocycles. The van der Waals surface area contributed by atoms with Crippen molar-refractivity contribution in [2.75, 3.05) is 34.2 Å². The van der Waals surface area contributed by atoms with Gasteiger partial charge >= 0.3 is 16.5 Å². The first kappa shape index (κ1) is 22.5. The van der Waals surface area contributed by atoms with Crippen LogP contribution in [0.3, 0.4) is 0 Å². The fraction of sp³-hybridized carbons (Fsp3) is 0.636. The van der Waals surface area contributed by atoms with Crippen molar-refractivity contribution in [2.45, 2.75) is 13.8 Å². The molecule has 0 aromatic rings. The Kier molecular flexibility index (Phi) is 13.8. The van der Waals surface area contributed by atoms with Crippen molar-refractivity contribution in [3.05, 3.63) is 0 Å². The summed E-state index contributed by atoms with van der Waals surface area (Å²) >= 11 is 9.89. The van der Waals surface area contributed by atoms with E-state index in [1.165, 1.54) is 0 Å². The molecule has 0 aliphatic carbocycles. The zero-order valence-corrected chi connectivity index (χ0v) is 15.4. The van der Waals surface area contributed by atoms with Crippen LogP contribution in [0.1, 0.15) is 13.8 Å². The Hall–Kier alpha value is -0.826. The topological polar surface area (TPSA) is 76.7 Å². The molecule has 0 fully saturated rings. The van der Waals surface area contributed by atoms with Crippen molar-refractivity contribution in [1.82, 2.24) is 15.5 Å². The van der Waals surface area contributed by atoms with E-state index in [-0.39, 0.29) is 16.5 Å². The summed E-state index contributed by atoms with van der Waals surface area (Å²) in [5, 5.41) is 22.0. The molecule has 10 heteroatoms. The Balaban J connectivity index is 0. The second kappa shape index (κ2) is 12.9. The minimum atomic E-state index is 0. The third kappa shape index (κ3) is 12.6. The van der Waals surface area contributed by atoms with Gasteiger partial charge in [-0.2, -0.15) is 20.4 Å². The molecule has 2 N–H and O–H groups in total. The summed E-state index contributed by atoms with van der Waals surface area (Å²) in [4.78, 5) is 2.05. The summed E-state index contributed by atoms with van der Waals surface area (Å²) in [6, 6.07) is 0. The van der Waals surface area contributed by atoms with Crippen LogP contribution in [0.5, 0.6) is 0 Å². The van der Waals surface area contributed by atoms with Gasteiger partial charge in [-0.15, -0.1) is 0 Å². The average molecular weight is 374 g/mol. The molecule has 0 unspecified atom stereocenters. The number of hydrogen-bond acceptors (Lipinski definition) is 7. The molecule has 7 nitrogen and oxygen atoms in total. The quantitative estimate of drug-likeness (QED) is 0.224. The zero-order chi connectivity index (χ0) is 15.5. The Bertz CT molecular complexity index is 419. The minimum absolute atomic E-state index is 0. The SMILES string of the molecule is CN/C([S-])=N/N=C(C)/C(C)=N/N=C(\[S-])NCCN(C)C.[Ni+2]. The molecule has 0 spiro atoms. The van der Waals surface area contributed by atoms with E-state index < -0.39 is 0 Å². The fourth-order valence-corrected chi connectivity index (χ4v) is 1.04. The van der Waals surface area contributed by atoms with Crippen molar-refractivity contribution in [3.63, 3.8) is 0 Å². The van der Waals surface area contributed by atoms with E-state index >= 15 is 0 Å². The van der Waals surface area contributed by atoms with Crippen LogP contribution < -0.4 is 10.6 Å². The van der Waals surface area contributed by atoms with E-state index in [1.807, 2.05) is 19.0 Å². The van der Waals surface area contributed by atoms with Gasteiger partial charge in [0.25, 0.3) is 0 Å². The summed E-state index contributed by atoms with van der Waals surface area (Å²) in [6.45, 7) is 5.16. The molecule has 0 radical (unpaired) electrons. The molecule has 0 rings (SSSR count). The maximum absolute atomic E-state index is 5.04. The molecule has 0 amide bonds. The van der Waals surface area contributed by atoms with Gasteiger partial charge in [-0.1, -0.05) is 0 Å². The van der Waals surface area contributed by atoms with Gasteiger partial charge in [-0.05, 0) is 38.3 Å². The summed E-state index contributed by atoms with van der Waals surface area (Å²) in [5.74, 6) is 0. The Morgan fingerprint density at radius 2 is 1.43 bits per heavy atom. The third-order valence-electron chi connectivity index (χ3n) is 2.15. The maximum Gasteiger partial charge on any atom is 2.00 e. The number of likely N-dealkylation sites (N-methyl/N-ethyl adjacent to an activating group) is 1. The molecule has 0 aromatic carbocycles. The van der Waals surface area contributed by atoms with Crippen LogP contribution in [0, 0.1) is 0 Å². The van der Waals surface area contributed by atoms with Gasteiger partial charge in [0.15, 0.2) is 0 Å². The Morgan fingerprint density at radius 3 is 1.86 bits per heavy atom. The van der Waals surface area contributed by atoms with E-state index in [2.05, 4.69) is 31.0 Å². The van der Waals surface area contributed by atoms with Gasteiger partial charge in [0, 0.05) is 20.1 Å². The molecule has 0 saturated carbocycles. The van der Waals surface area contributed by atoms with Crippen molar-refractivity contribution in [2.24, 2.45) is 20.4 Å². The summed E-state index contributed by atoms with van der Waals surface area (Å²) in [7, 11) is 5.66. The van der Waals surface area contributed by atoms with Crippen LogP contribution in [0.15, 0.2) is 20.4 Å². The van der Waals surface area contributed by atoms with E-state index in [0.717, 1.165) is 13.1 Å². The zero-order valence-electron chi connectivity index (χ0n) is 12.8. The van der Waals surface area contributed by atoms with Gasteiger partial charge < -0.3 is 40.8 Å². The first-order valence-corrected chi connectivity index (χ1v) is 6.83. The van der Waals surface area contributed by atoms with E-state index in [0.29, 0.717) is 21.8 Å². The van der Waals surface area contributed by atoms with Gasteiger partial charge in [-0.3, -0.25) is 0 Å². The molecule has 0 saturated heterocycles. The Labute approximate surface area is 147 Å². The average Bonchev–Trinajstić information content (AvgIpc) is 2.41. The molecular formula is C11H21N7NiS2. The molecule has 0 bridgehead atoms. The van der Waals surface area contributed by atoms with Gasteiger partial charge in [0.2, 0.25) is 0 Å². The van der Waals surface area contributed by atoms with Crippen LogP contribution in [-0.2, 0) is 41.7 Å². The van der Waals surface area contributed by atoms with E-state index in [1.54, 1.807) is 20.9 Å². The maximum atomic E-state index is 5.04. The van der Waals surface area contributed by atoms with Gasteiger partial charge in [0.1, 0.15) is 0 Å². The number of hydrogen-bond donors (Lipinski definition) is 2. The number of nitrogens with zero attached hydrogens (tertiary/aromatic N) is 5. The van der Waals surface area contributed by atoms with Crippen molar-refractivity contribution in [3.8, 4) is 0 Å². The predicted molar refractivity (Wildman–Crippen MR) is 91.4 cm³/mol. The number of rotatable bonds is 6. The number of nitrogens with one attached hydrogen (secondary N) is 2. The molecule has 122 valence electrons. The summed E-state index contributed by atoms with van der Waals surface area (Å²) < 4.78 is 0. The monoisotopic (exact) mass is 373 g/mol. The molecular weight excluding hydrogens is 353 g/mol. The number of amidine groups is 2. The van der Waals surface area contributed by atoms with E-state index in [9.17, 15) is 0 Å². The predicted octanol–water partition coefficient (Wildman–Crippen LogP) is -0.0879. The standard InChI is InChI=1S/C11H23N7S2.Ni/c1-8(14-16-10(19)12-3)9(2)15-17-11(20)13-6-7-18(4)5;/h6-7H2,1-5H3,(H2,12,16,19)(H2,13,17,20);/q;+2/p-2/b14-8+,15-9+;. The fourth-order valence-electron chi connectivity index (χ4n) is 0.857. The van der Waals surface area contributed by atoms with Crippen LogP contribution in [0.25, 0.3) is 0 Å². The summed E-state index contributed by atoms with van der Waals surface area (Å²) in [5.41, 5.74) is 1.26. The van der Waals surface area contributed by atoms with Crippen LogP contribution >= 0.6 is 0 Å². The normalized spacial score (nSPS) is 14.0. The third-order valence-corrected chi connectivity index (χ3v) is 2.67. The molecule has 0 aliphatic heterocycles. The smallest absolute Gasteiger partial charge is 0.741 e. The molecule has 0 atom stereocenters. The second-order valence-corrected chi connectivity index (χ2v) is 4.93. The van der Waals surface area contributed by atoms with Crippen molar-refractivity contribution >= 4 is 47.0 Å². The van der Waals surface area contributed by atoms with Crippen molar-refractivity contribution in [1.29, 1.82) is 0 Å². The van der Waals surface area contributed by atoms with Crippen LogP contribution in [0.2, 0.25) is 0 Å². The largest absolute Gasteiger partial charge is 2.00 e. The van der Waals surface area contributed by atoms with Gasteiger partial charge in [0.05, 0.1) is 11.4 Å².